The van der Waals surface area contributed by atoms with Gasteiger partial charge in [0.25, 0.3) is 5.56 Å². The van der Waals surface area contributed by atoms with E-state index in [9.17, 15) is 9.59 Å². The van der Waals surface area contributed by atoms with Gasteiger partial charge >= 0.3 is 5.69 Å². The normalized spacial score (nSPS) is 11.9. The van der Waals surface area contributed by atoms with Crippen molar-refractivity contribution >= 4 is 11.4 Å². The average molecular weight is 337 g/mol. The lowest BCUT2D eigenvalue weighted by Gasteiger charge is -2.15. The van der Waals surface area contributed by atoms with Gasteiger partial charge in [-0.3, -0.25) is 14.3 Å². The monoisotopic (exact) mass is 337 g/mol. The fraction of sp³-hybridized carbons (Fsp3) is 0.158. The Balaban J connectivity index is 1.76. The predicted molar refractivity (Wildman–Crippen MR) is 97.0 cm³/mol. The zero-order valence-corrected chi connectivity index (χ0v) is 13.8. The average Bonchev–Trinajstić information content (AvgIpc) is 2.64. The number of aromatic nitrogens is 2. The molecule has 1 heterocycles. The molecule has 0 aliphatic carbocycles. The summed E-state index contributed by atoms with van der Waals surface area (Å²) in [4.78, 5) is 26.3. The third-order valence-electron chi connectivity index (χ3n) is 3.80. The molecule has 2 N–H and O–H groups in total. The molecule has 0 bridgehead atoms. The Morgan fingerprint density at radius 1 is 1.04 bits per heavy atom. The number of hydrogen-bond donors (Lipinski definition) is 2. The van der Waals surface area contributed by atoms with Crippen LogP contribution >= 0.6 is 0 Å². The Morgan fingerprint density at radius 3 is 2.36 bits per heavy atom. The summed E-state index contributed by atoms with van der Waals surface area (Å²) in [5.74, 6) is 0. The minimum absolute atomic E-state index is 0.0368. The first-order chi connectivity index (χ1) is 12.1. The molecule has 0 unspecified atom stereocenters. The van der Waals surface area contributed by atoms with E-state index in [0.29, 0.717) is 0 Å². The van der Waals surface area contributed by atoms with Crippen LogP contribution in [0.5, 0.6) is 0 Å². The molecule has 1 aromatic heterocycles. The Labute approximate surface area is 144 Å². The van der Waals surface area contributed by atoms with Crippen molar-refractivity contribution in [1.29, 1.82) is 0 Å². The van der Waals surface area contributed by atoms with Gasteiger partial charge in [-0.2, -0.15) is 0 Å². The van der Waals surface area contributed by atoms with Crippen molar-refractivity contribution in [2.45, 2.75) is 19.8 Å². The van der Waals surface area contributed by atoms with Crippen molar-refractivity contribution < 1.29 is 4.74 Å². The van der Waals surface area contributed by atoms with Gasteiger partial charge < -0.3 is 10.1 Å². The molecule has 0 aliphatic heterocycles. The van der Waals surface area contributed by atoms with E-state index in [1.165, 1.54) is 10.8 Å². The highest BCUT2D eigenvalue weighted by molar-refractivity contribution is 5.57. The van der Waals surface area contributed by atoms with E-state index >= 15 is 0 Å². The fourth-order valence-electron chi connectivity index (χ4n) is 2.38. The maximum Gasteiger partial charge on any atom is 0.330 e. The summed E-state index contributed by atoms with van der Waals surface area (Å²) >= 11 is 0. The van der Waals surface area contributed by atoms with E-state index in [0.717, 1.165) is 11.3 Å². The van der Waals surface area contributed by atoms with E-state index in [2.05, 4.69) is 10.3 Å². The number of nitrogens with one attached hydrogen (secondary N) is 2. The predicted octanol–water partition coefficient (Wildman–Crippen LogP) is 3.02. The van der Waals surface area contributed by atoms with Crippen LogP contribution < -0.4 is 16.6 Å². The minimum Gasteiger partial charge on any atom is -0.353 e. The van der Waals surface area contributed by atoms with Gasteiger partial charge in [-0.05, 0) is 24.6 Å². The zero-order valence-electron chi connectivity index (χ0n) is 13.8. The SMILES string of the molecule is C[C@H](OCn1cc(Nc2ccccc2)c(=O)[nH]c1=O)c1ccccc1. The van der Waals surface area contributed by atoms with E-state index < -0.39 is 11.2 Å². The molecule has 0 spiro atoms. The summed E-state index contributed by atoms with van der Waals surface area (Å²) in [6.45, 7) is 1.95. The molecule has 0 amide bonds. The molecule has 6 heteroatoms. The maximum atomic E-state index is 12.0. The molecule has 1 atom stereocenters. The molecule has 0 aliphatic rings. The molecule has 0 radical (unpaired) electrons. The summed E-state index contributed by atoms with van der Waals surface area (Å²) in [5, 5.41) is 3.00. The summed E-state index contributed by atoms with van der Waals surface area (Å²) in [6.07, 6.45) is 1.29. The van der Waals surface area contributed by atoms with Gasteiger partial charge in [-0.25, -0.2) is 4.79 Å². The van der Waals surface area contributed by atoms with Gasteiger partial charge in [0.15, 0.2) is 0 Å². The van der Waals surface area contributed by atoms with Crippen LogP contribution in [0.4, 0.5) is 11.4 Å². The Morgan fingerprint density at radius 2 is 1.68 bits per heavy atom. The largest absolute Gasteiger partial charge is 0.353 e. The topological polar surface area (TPSA) is 76.1 Å². The second-order valence-electron chi connectivity index (χ2n) is 5.61. The van der Waals surface area contributed by atoms with Crippen LogP contribution in [-0.4, -0.2) is 9.55 Å². The van der Waals surface area contributed by atoms with Crippen LogP contribution in [0.15, 0.2) is 76.4 Å². The number of H-pyrrole nitrogens is 1. The van der Waals surface area contributed by atoms with Crippen molar-refractivity contribution in [3.05, 3.63) is 93.3 Å². The van der Waals surface area contributed by atoms with Crippen LogP contribution in [0.3, 0.4) is 0 Å². The van der Waals surface area contributed by atoms with E-state index in [4.69, 9.17) is 4.74 Å². The smallest absolute Gasteiger partial charge is 0.330 e. The number of para-hydroxylation sites is 1. The number of ether oxygens (including phenoxy) is 1. The Kier molecular flexibility index (Phi) is 5.11. The van der Waals surface area contributed by atoms with Gasteiger partial charge in [0, 0.05) is 11.9 Å². The first kappa shape index (κ1) is 16.7. The Bertz CT molecular complexity index is 933. The molecular weight excluding hydrogens is 318 g/mol. The lowest BCUT2D eigenvalue weighted by atomic mass is 10.1. The summed E-state index contributed by atoms with van der Waals surface area (Å²) in [7, 11) is 0. The second kappa shape index (κ2) is 7.63. The molecule has 0 fully saturated rings. The number of rotatable bonds is 6. The number of anilines is 2. The van der Waals surface area contributed by atoms with E-state index in [1.54, 1.807) is 0 Å². The lowest BCUT2D eigenvalue weighted by Crippen LogP contribution is -2.31. The second-order valence-corrected chi connectivity index (χ2v) is 5.61. The number of aromatic amines is 1. The Hall–Kier alpha value is -3.12. The first-order valence-corrected chi connectivity index (χ1v) is 7.96. The fourth-order valence-corrected chi connectivity index (χ4v) is 2.38. The van der Waals surface area contributed by atoms with Crippen molar-refractivity contribution in [2.75, 3.05) is 5.32 Å². The van der Waals surface area contributed by atoms with Gasteiger partial charge in [-0.1, -0.05) is 48.5 Å². The first-order valence-electron chi connectivity index (χ1n) is 7.96. The highest BCUT2D eigenvalue weighted by atomic mass is 16.5. The third-order valence-corrected chi connectivity index (χ3v) is 3.80. The number of benzene rings is 2. The molecule has 2 aromatic carbocycles. The van der Waals surface area contributed by atoms with Crippen LogP contribution in [0.2, 0.25) is 0 Å². The van der Waals surface area contributed by atoms with E-state index in [1.807, 2.05) is 67.6 Å². The summed E-state index contributed by atoms with van der Waals surface area (Å²) in [6, 6.07) is 19.0. The molecule has 3 rings (SSSR count). The molecular formula is C19H19N3O3. The number of hydrogen-bond acceptors (Lipinski definition) is 4. The number of nitrogens with zero attached hydrogens (tertiary/aromatic N) is 1. The van der Waals surface area contributed by atoms with Crippen LogP contribution in [-0.2, 0) is 11.5 Å². The van der Waals surface area contributed by atoms with Crippen LogP contribution in [0.25, 0.3) is 0 Å². The van der Waals surface area contributed by atoms with Gasteiger partial charge in [0.2, 0.25) is 0 Å². The molecule has 6 nitrogen and oxygen atoms in total. The molecule has 128 valence electrons. The minimum atomic E-state index is -0.510. The standard InChI is InChI=1S/C19H19N3O3/c1-14(15-8-4-2-5-9-15)25-13-22-12-17(18(23)21-19(22)24)20-16-10-6-3-7-11-16/h2-12,14,20H,13H2,1H3,(H,21,23,24)/t14-/m0/s1. The highest BCUT2D eigenvalue weighted by Gasteiger charge is 2.08. The zero-order chi connectivity index (χ0) is 17.6. The molecule has 0 saturated carbocycles. The maximum absolute atomic E-state index is 12.0. The summed E-state index contributed by atoms with van der Waals surface area (Å²) < 4.78 is 7.08. The van der Waals surface area contributed by atoms with Crippen molar-refractivity contribution in [3.63, 3.8) is 0 Å². The lowest BCUT2D eigenvalue weighted by molar-refractivity contribution is 0.0142. The van der Waals surface area contributed by atoms with Crippen LogP contribution in [0, 0.1) is 0 Å². The summed E-state index contributed by atoms with van der Waals surface area (Å²) in [5.41, 5.74) is 1.08. The van der Waals surface area contributed by atoms with Gasteiger partial charge in [-0.15, -0.1) is 0 Å². The van der Waals surface area contributed by atoms with Crippen molar-refractivity contribution in [1.82, 2.24) is 9.55 Å². The van der Waals surface area contributed by atoms with Crippen molar-refractivity contribution in [3.8, 4) is 0 Å². The third kappa shape index (κ3) is 4.24. The van der Waals surface area contributed by atoms with Gasteiger partial charge in [0.1, 0.15) is 12.4 Å². The quantitative estimate of drug-likeness (QED) is 0.725. The van der Waals surface area contributed by atoms with Crippen LogP contribution in [0.1, 0.15) is 18.6 Å². The highest BCUT2D eigenvalue weighted by Crippen LogP contribution is 2.16. The van der Waals surface area contributed by atoms with Gasteiger partial charge in [0.05, 0.1) is 6.10 Å². The van der Waals surface area contributed by atoms with Crippen molar-refractivity contribution in [2.24, 2.45) is 0 Å². The molecule has 25 heavy (non-hydrogen) atoms. The molecule has 0 saturated heterocycles. The molecule has 3 aromatic rings. The van der Waals surface area contributed by atoms with E-state index in [-0.39, 0.29) is 18.5 Å².